The van der Waals surface area contributed by atoms with E-state index in [9.17, 15) is 9.90 Å². The van der Waals surface area contributed by atoms with Crippen molar-refractivity contribution in [1.29, 1.82) is 0 Å². The maximum atomic E-state index is 12.8. The van der Waals surface area contributed by atoms with Gasteiger partial charge < -0.3 is 15.7 Å². The number of hydrogen-bond acceptors (Lipinski definition) is 6. The van der Waals surface area contributed by atoms with Crippen molar-refractivity contribution in [2.45, 2.75) is 19.6 Å². The summed E-state index contributed by atoms with van der Waals surface area (Å²) < 4.78 is 0. The number of aromatic nitrogens is 2. The lowest BCUT2D eigenvalue weighted by Gasteiger charge is -2.09. The Bertz CT molecular complexity index is 1490. The fraction of sp³-hybridized carbons (Fsp3) is 0.107. The van der Waals surface area contributed by atoms with Crippen molar-refractivity contribution in [3.05, 3.63) is 107 Å². The molecule has 3 N–H and O–H groups in total. The number of aliphatic hydroxyl groups is 1. The third kappa shape index (κ3) is 5.21. The van der Waals surface area contributed by atoms with E-state index in [1.165, 1.54) is 11.3 Å². The summed E-state index contributed by atoms with van der Waals surface area (Å²) in [5, 5.41) is 18.3. The largest absolute Gasteiger partial charge is 0.389 e. The Hall–Kier alpha value is -4.07. The van der Waals surface area contributed by atoms with Crippen LogP contribution in [-0.2, 0) is 6.54 Å². The molecule has 0 spiro atoms. The number of hydrogen-bond donors (Lipinski definition) is 3. The van der Waals surface area contributed by atoms with Crippen LogP contribution in [0.3, 0.4) is 0 Å². The average molecular weight is 481 g/mol. The van der Waals surface area contributed by atoms with E-state index in [4.69, 9.17) is 0 Å². The lowest BCUT2D eigenvalue weighted by molar-refractivity contribution is 0.0955. The van der Waals surface area contributed by atoms with Crippen LogP contribution in [-0.4, -0.2) is 21.0 Å². The van der Waals surface area contributed by atoms with Gasteiger partial charge >= 0.3 is 0 Å². The number of benzene rings is 3. The first kappa shape index (κ1) is 22.7. The summed E-state index contributed by atoms with van der Waals surface area (Å²) in [7, 11) is 0. The van der Waals surface area contributed by atoms with Crippen molar-refractivity contribution in [2.75, 3.05) is 5.32 Å². The number of nitrogens with zero attached hydrogens (tertiary/aromatic N) is 2. The molecule has 6 nitrogen and oxygen atoms in total. The number of nitrogens with one attached hydrogen (secondary N) is 2. The van der Waals surface area contributed by atoms with Crippen molar-refractivity contribution in [3.8, 4) is 10.6 Å². The first-order valence-corrected chi connectivity index (χ1v) is 12.1. The Morgan fingerprint density at radius 2 is 1.83 bits per heavy atom. The zero-order valence-corrected chi connectivity index (χ0v) is 19.9. The minimum atomic E-state index is -0.555. The van der Waals surface area contributed by atoms with Gasteiger partial charge in [0.05, 0.1) is 21.6 Å². The van der Waals surface area contributed by atoms with E-state index >= 15 is 0 Å². The molecular formula is C28H24N4O2S. The molecule has 5 rings (SSSR count). The van der Waals surface area contributed by atoms with E-state index in [-0.39, 0.29) is 5.91 Å². The molecule has 3 aromatic carbocycles. The van der Waals surface area contributed by atoms with Crippen LogP contribution in [0.25, 0.3) is 21.3 Å². The van der Waals surface area contributed by atoms with Crippen LogP contribution >= 0.6 is 11.3 Å². The van der Waals surface area contributed by atoms with Gasteiger partial charge in [0, 0.05) is 18.4 Å². The maximum absolute atomic E-state index is 12.8. The highest BCUT2D eigenvalue weighted by Crippen LogP contribution is 2.28. The van der Waals surface area contributed by atoms with E-state index in [1.807, 2.05) is 66.7 Å². The fourth-order valence-electron chi connectivity index (χ4n) is 3.87. The highest BCUT2D eigenvalue weighted by atomic mass is 32.1. The number of rotatable bonds is 7. The van der Waals surface area contributed by atoms with E-state index in [1.54, 1.807) is 13.1 Å². The van der Waals surface area contributed by atoms with E-state index in [2.05, 4.69) is 38.8 Å². The van der Waals surface area contributed by atoms with Crippen LogP contribution in [0.2, 0.25) is 0 Å². The Morgan fingerprint density at radius 1 is 1.00 bits per heavy atom. The molecule has 1 unspecified atom stereocenters. The van der Waals surface area contributed by atoms with E-state index in [0.717, 1.165) is 38.2 Å². The lowest BCUT2D eigenvalue weighted by atomic mass is 10.0. The Balaban J connectivity index is 1.28. The minimum Gasteiger partial charge on any atom is -0.389 e. The molecule has 35 heavy (non-hydrogen) atoms. The predicted molar refractivity (Wildman–Crippen MR) is 141 cm³/mol. The molecule has 0 bridgehead atoms. The van der Waals surface area contributed by atoms with Crippen LogP contribution in [0, 0.1) is 0 Å². The molecule has 1 atom stereocenters. The Labute approximate surface area is 207 Å². The molecule has 7 heteroatoms. The number of thiophene rings is 1. The number of anilines is 2. The van der Waals surface area contributed by atoms with Crippen molar-refractivity contribution < 1.29 is 9.90 Å². The molecule has 1 amide bonds. The van der Waals surface area contributed by atoms with Crippen LogP contribution in [0.1, 0.15) is 33.8 Å². The van der Waals surface area contributed by atoms with Crippen LogP contribution in [0.5, 0.6) is 0 Å². The molecule has 0 aliphatic heterocycles. The maximum Gasteiger partial charge on any atom is 0.261 e. The molecule has 2 aromatic heterocycles. The standard InChI is InChI=1S/C28H24N4O2S/c1-18(33)20-8-5-10-22(16-20)31-28-29-15-14-24(32-28)25-12-13-26(35-25)27(34)30-17-21-9-4-7-19-6-2-3-11-23(19)21/h2-16,18,33H,17H2,1H3,(H,30,34)(H,29,31,32). The number of fused-ring (bicyclic) bond motifs is 1. The number of amides is 1. The summed E-state index contributed by atoms with van der Waals surface area (Å²) in [6, 6.07) is 27.3. The molecule has 5 aromatic rings. The van der Waals surface area contributed by atoms with Gasteiger partial charge in [0.2, 0.25) is 5.95 Å². The van der Waals surface area contributed by atoms with Gasteiger partial charge in [-0.25, -0.2) is 9.97 Å². The third-order valence-electron chi connectivity index (χ3n) is 5.68. The first-order chi connectivity index (χ1) is 17.1. The molecule has 0 aliphatic carbocycles. The van der Waals surface area contributed by atoms with Gasteiger partial charge in [-0.15, -0.1) is 11.3 Å². The molecule has 0 radical (unpaired) electrons. The van der Waals surface area contributed by atoms with Gasteiger partial charge in [-0.1, -0.05) is 54.6 Å². The summed E-state index contributed by atoms with van der Waals surface area (Å²) >= 11 is 1.39. The number of carbonyl (C=O) groups excluding carboxylic acids is 1. The minimum absolute atomic E-state index is 0.114. The molecule has 174 valence electrons. The van der Waals surface area contributed by atoms with E-state index < -0.39 is 6.10 Å². The van der Waals surface area contributed by atoms with Crippen LogP contribution in [0.15, 0.2) is 91.1 Å². The zero-order valence-electron chi connectivity index (χ0n) is 19.1. The van der Waals surface area contributed by atoms with Crippen molar-refractivity contribution in [2.24, 2.45) is 0 Å². The number of carbonyl (C=O) groups is 1. The Kier molecular flexibility index (Phi) is 6.52. The molecule has 0 fully saturated rings. The number of aliphatic hydroxyl groups excluding tert-OH is 1. The highest BCUT2D eigenvalue weighted by Gasteiger charge is 2.13. The monoisotopic (exact) mass is 480 g/mol. The van der Waals surface area contributed by atoms with Gasteiger partial charge in [0.1, 0.15) is 0 Å². The summed E-state index contributed by atoms with van der Waals surface area (Å²) in [6.45, 7) is 2.18. The molecule has 0 saturated heterocycles. The highest BCUT2D eigenvalue weighted by molar-refractivity contribution is 7.17. The molecule has 0 saturated carbocycles. The van der Waals surface area contributed by atoms with Crippen molar-refractivity contribution in [1.82, 2.24) is 15.3 Å². The predicted octanol–water partition coefficient (Wildman–Crippen LogP) is 6.09. The van der Waals surface area contributed by atoms with Gasteiger partial charge in [0.25, 0.3) is 5.91 Å². The summed E-state index contributed by atoms with van der Waals surface area (Å²) in [6.07, 6.45) is 1.13. The first-order valence-electron chi connectivity index (χ1n) is 11.3. The summed E-state index contributed by atoms with van der Waals surface area (Å²) in [5.74, 6) is 0.331. The van der Waals surface area contributed by atoms with E-state index in [0.29, 0.717) is 17.4 Å². The second-order valence-electron chi connectivity index (χ2n) is 8.18. The fourth-order valence-corrected chi connectivity index (χ4v) is 4.76. The van der Waals surface area contributed by atoms with Gasteiger partial charge in [-0.3, -0.25) is 4.79 Å². The second kappa shape index (κ2) is 10.0. The third-order valence-corrected chi connectivity index (χ3v) is 6.79. The molecular weight excluding hydrogens is 456 g/mol. The summed E-state index contributed by atoms with van der Waals surface area (Å²) in [5.41, 5.74) is 3.41. The molecule has 0 aliphatic rings. The summed E-state index contributed by atoms with van der Waals surface area (Å²) in [4.78, 5) is 23.2. The smallest absolute Gasteiger partial charge is 0.261 e. The molecule has 2 heterocycles. The van der Waals surface area contributed by atoms with Crippen molar-refractivity contribution in [3.63, 3.8) is 0 Å². The SMILES string of the molecule is CC(O)c1cccc(Nc2nccc(-c3ccc(C(=O)NCc4cccc5ccccc45)s3)n2)c1. The van der Waals surface area contributed by atoms with Crippen LogP contribution in [0.4, 0.5) is 11.6 Å². The van der Waals surface area contributed by atoms with Gasteiger partial charge in [-0.05, 0) is 59.2 Å². The van der Waals surface area contributed by atoms with Crippen molar-refractivity contribution >= 4 is 39.7 Å². The van der Waals surface area contributed by atoms with Crippen LogP contribution < -0.4 is 10.6 Å². The quantitative estimate of drug-likeness (QED) is 0.263. The zero-order chi connectivity index (χ0) is 24.2. The van der Waals surface area contributed by atoms with Gasteiger partial charge in [0.15, 0.2) is 0 Å². The average Bonchev–Trinajstić information content (AvgIpc) is 3.38. The van der Waals surface area contributed by atoms with Gasteiger partial charge in [-0.2, -0.15) is 0 Å². The second-order valence-corrected chi connectivity index (χ2v) is 9.26. The normalized spacial score (nSPS) is 11.8. The lowest BCUT2D eigenvalue weighted by Crippen LogP contribution is -2.21. The Morgan fingerprint density at radius 3 is 2.71 bits per heavy atom. The topological polar surface area (TPSA) is 87.1 Å².